The molecule has 2 N–H and O–H groups in total. The molecule has 3 amide bonds. The monoisotopic (exact) mass is 425 g/mol. The first-order chi connectivity index (χ1) is 14.8. The average Bonchev–Trinajstić information content (AvgIpc) is 2.77. The number of carbonyl (C=O) groups is 2. The number of benzene rings is 2. The van der Waals surface area contributed by atoms with Crippen LogP contribution in [0.5, 0.6) is 11.5 Å². The van der Waals surface area contributed by atoms with Gasteiger partial charge in [-0.25, -0.2) is 4.79 Å². The van der Waals surface area contributed by atoms with E-state index >= 15 is 0 Å². The molecule has 0 aliphatic carbocycles. The van der Waals surface area contributed by atoms with Gasteiger partial charge in [0, 0.05) is 24.7 Å². The van der Waals surface area contributed by atoms with E-state index in [1.807, 2.05) is 57.2 Å². The van der Waals surface area contributed by atoms with Crippen LogP contribution in [0.1, 0.15) is 36.6 Å². The highest BCUT2D eigenvalue weighted by atomic mass is 16.5. The summed E-state index contributed by atoms with van der Waals surface area (Å²) in [6, 6.07) is 11.0. The number of ether oxygens (including phenoxy) is 2. The van der Waals surface area contributed by atoms with Crippen LogP contribution in [0.4, 0.5) is 10.5 Å². The van der Waals surface area contributed by atoms with Crippen molar-refractivity contribution < 1.29 is 19.1 Å². The van der Waals surface area contributed by atoms with Crippen molar-refractivity contribution in [1.29, 1.82) is 0 Å². The van der Waals surface area contributed by atoms with Crippen LogP contribution in [-0.2, 0) is 11.2 Å². The smallest absolute Gasteiger partial charge is 0.322 e. The molecule has 0 saturated heterocycles. The van der Waals surface area contributed by atoms with Crippen molar-refractivity contribution in [3.63, 3.8) is 0 Å². The number of nitrogens with one attached hydrogen (secondary N) is 2. The van der Waals surface area contributed by atoms with Crippen molar-refractivity contribution in [3.8, 4) is 11.5 Å². The largest absolute Gasteiger partial charge is 0.493 e. The molecule has 3 rings (SSSR count). The second-order valence-corrected chi connectivity index (χ2v) is 8.06. The molecule has 2 aromatic carbocycles. The van der Waals surface area contributed by atoms with Crippen molar-refractivity contribution in [2.75, 3.05) is 32.6 Å². The minimum atomic E-state index is -0.322. The molecule has 1 heterocycles. The summed E-state index contributed by atoms with van der Waals surface area (Å²) in [7, 11) is 3.19. The number of amides is 3. The molecule has 166 valence electrons. The molecule has 1 aliphatic heterocycles. The van der Waals surface area contributed by atoms with Crippen molar-refractivity contribution in [1.82, 2.24) is 10.2 Å². The molecular formula is C24H31N3O4. The zero-order chi connectivity index (χ0) is 22.5. The highest BCUT2D eigenvalue weighted by Gasteiger charge is 2.32. The minimum absolute atomic E-state index is 0.0495. The van der Waals surface area contributed by atoms with Crippen molar-refractivity contribution in [2.45, 2.75) is 33.2 Å². The second-order valence-electron chi connectivity index (χ2n) is 8.06. The Balaban J connectivity index is 1.91. The summed E-state index contributed by atoms with van der Waals surface area (Å²) in [5.74, 6) is 1.07. The van der Waals surface area contributed by atoms with E-state index in [2.05, 4.69) is 10.6 Å². The van der Waals surface area contributed by atoms with E-state index in [-0.39, 0.29) is 23.9 Å². The van der Waals surface area contributed by atoms with E-state index < -0.39 is 0 Å². The fourth-order valence-electron chi connectivity index (χ4n) is 3.72. The SMILES string of the molecule is COc1cc2c(cc1OC)[C@H](CNC(=O)C(C)C)N(C(=O)Nc1ccc(C)cc1)CC2. The van der Waals surface area contributed by atoms with Gasteiger partial charge in [0.1, 0.15) is 0 Å². The van der Waals surface area contributed by atoms with Crippen LogP contribution in [0.2, 0.25) is 0 Å². The third-order valence-electron chi connectivity index (χ3n) is 5.56. The number of rotatable bonds is 6. The van der Waals surface area contributed by atoms with Gasteiger partial charge in [0.05, 0.1) is 20.3 Å². The van der Waals surface area contributed by atoms with Gasteiger partial charge in [-0.15, -0.1) is 0 Å². The van der Waals surface area contributed by atoms with Crippen LogP contribution < -0.4 is 20.1 Å². The highest BCUT2D eigenvalue weighted by Crippen LogP contribution is 2.38. The highest BCUT2D eigenvalue weighted by molar-refractivity contribution is 5.90. The predicted octanol–water partition coefficient (Wildman–Crippen LogP) is 3.92. The molecular weight excluding hydrogens is 394 g/mol. The Morgan fingerprint density at radius 1 is 1.10 bits per heavy atom. The molecule has 0 radical (unpaired) electrons. The maximum Gasteiger partial charge on any atom is 0.322 e. The maximum absolute atomic E-state index is 13.2. The number of methoxy groups -OCH3 is 2. The molecule has 7 heteroatoms. The number of anilines is 1. The first kappa shape index (κ1) is 22.5. The molecule has 0 spiro atoms. The Bertz CT molecular complexity index is 941. The summed E-state index contributed by atoms with van der Waals surface area (Å²) in [5, 5.41) is 5.96. The summed E-state index contributed by atoms with van der Waals surface area (Å²) in [6.07, 6.45) is 0.686. The summed E-state index contributed by atoms with van der Waals surface area (Å²) < 4.78 is 10.9. The zero-order valence-corrected chi connectivity index (χ0v) is 18.8. The van der Waals surface area contributed by atoms with Crippen LogP contribution in [-0.4, -0.2) is 44.1 Å². The fraction of sp³-hybridized carbons (Fsp3) is 0.417. The van der Waals surface area contributed by atoms with E-state index in [9.17, 15) is 9.59 Å². The Labute approximate surface area is 183 Å². The summed E-state index contributed by atoms with van der Waals surface area (Å²) in [6.45, 7) is 6.55. The predicted molar refractivity (Wildman–Crippen MR) is 121 cm³/mol. The third kappa shape index (κ3) is 5.10. The van der Waals surface area contributed by atoms with Gasteiger partial charge in [-0.3, -0.25) is 4.79 Å². The van der Waals surface area contributed by atoms with Gasteiger partial charge in [0.2, 0.25) is 5.91 Å². The van der Waals surface area contributed by atoms with Gasteiger partial charge in [-0.05, 0) is 48.7 Å². The topological polar surface area (TPSA) is 79.9 Å². The Morgan fingerprint density at radius 2 is 1.74 bits per heavy atom. The van der Waals surface area contributed by atoms with Crippen molar-refractivity contribution >= 4 is 17.6 Å². The number of hydrogen-bond acceptors (Lipinski definition) is 4. The summed E-state index contributed by atoms with van der Waals surface area (Å²) >= 11 is 0. The van der Waals surface area contributed by atoms with Crippen molar-refractivity contribution in [2.24, 2.45) is 5.92 Å². The van der Waals surface area contributed by atoms with Gasteiger partial charge >= 0.3 is 6.03 Å². The van der Waals surface area contributed by atoms with E-state index in [0.717, 1.165) is 22.4 Å². The molecule has 1 atom stereocenters. The number of hydrogen-bond donors (Lipinski definition) is 2. The molecule has 2 aromatic rings. The molecule has 0 fully saturated rings. The molecule has 0 saturated carbocycles. The molecule has 0 unspecified atom stereocenters. The number of nitrogens with zero attached hydrogens (tertiary/aromatic N) is 1. The lowest BCUT2D eigenvalue weighted by Gasteiger charge is -2.38. The van der Waals surface area contributed by atoms with Gasteiger partial charge in [0.15, 0.2) is 11.5 Å². The van der Waals surface area contributed by atoms with Crippen LogP contribution in [0.3, 0.4) is 0 Å². The lowest BCUT2D eigenvalue weighted by atomic mass is 9.91. The van der Waals surface area contributed by atoms with Crippen LogP contribution in [0.25, 0.3) is 0 Å². The number of aryl methyl sites for hydroxylation is 1. The van der Waals surface area contributed by atoms with Crippen LogP contribution in [0.15, 0.2) is 36.4 Å². The summed E-state index contributed by atoms with van der Waals surface area (Å²) in [5.41, 5.74) is 3.90. The zero-order valence-electron chi connectivity index (χ0n) is 18.8. The normalized spacial score (nSPS) is 15.3. The van der Waals surface area contributed by atoms with E-state index in [4.69, 9.17) is 9.47 Å². The Hall–Kier alpha value is -3.22. The lowest BCUT2D eigenvalue weighted by molar-refractivity contribution is -0.124. The molecule has 0 bridgehead atoms. The van der Waals surface area contributed by atoms with Gasteiger partial charge in [-0.2, -0.15) is 0 Å². The first-order valence-corrected chi connectivity index (χ1v) is 10.5. The van der Waals surface area contributed by atoms with Gasteiger partial charge in [-0.1, -0.05) is 31.5 Å². The molecule has 31 heavy (non-hydrogen) atoms. The maximum atomic E-state index is 13.2. The fourth-order valence-corrected chi connectivity index (χ4v) is 3.72. The van der Waals surface area contributed by atoms with Gasteiger partial charge < -0.3 is 25.0 Å². The van der Waals surface area contributed by atoms with E-state index in [1.165, 1.54) is 0 Å². The van der Waals surface area contributed by atoms with Gasteiger partial charge in [0.25, 0.3) is 0 Å². The minimum Gasteiger partial charge on any atom is -0.493 e. The Morgan fingerprint density at radius 3 is 2.35 bits per heavy atom. The summed E-state index contributed by atoms with van der Waals surface area (Å²) in [4.78, 5) is 27.2. The molecule has 0 aromatic heterocycles. The average molecular weight is 426 g/mol. The van der Waals surface area contributed by atoms with E-state index in [0.29, 0.717) is 31.0 Å². The van der Waals surface area contributed by atoms with Crippen LogP contribution in [0, 0.1) is 12.8 Å². The second kappa shape index (κ2) is 9.73. The number of urea groups is 1. The molecule has 7 nitrogen and oxygen atoms in total. The quantitative estimate of drug-likeness (QED) is 0.735. The standard InChI is InChI=1S/C24H31N3O4/c1-15(2)23(28)25-14-20-19-13-22(31-5)21(30-4)12-17(19)10-11-27(20)24(29)26-18-8-6-16(3)7-9-18/h6-9,12-13,15,20H,10-11,14H2,1-5H3,(H,25,28)(H,26,29)/t20-/m0/s1. The Kier molecular flexibility index (Phi) is 7.05. The number of fused-ring (bicyclic) bond motifs is 1. The molecule has 1 aliphatic rings. The van der Waals surface area contributed by atoms with Crippen molar-refractivity contribution in [3.05, 3.63) is 53.1 Å². The number of carbonyl (C=O) groups excluding carboxylic acids is 2. The first-order valence-electron chi connectivity index (χ1n) is 10.5. The van der Waals surface area contributed by atoms with Crippen LogP contribution >= 0.6 is 0 Å². The third-order valence-corrected chi connectivity index (χ3v) is 5.56. The van der Waals surface area contributed by atoms with E-state index in [1.54, 1.807) is 19.1 Å². The lowest BCUT2D eigenvalue weighted by Crippen LogP contribution is -2.47.